The summed E-state index contributed by atoms with van der Waals surface area (Å²) in [4.78, 5) is 0. The summed E-state index contributed by atoms with van der Waals surface area (Å²) in [6.07, 6.45) is 7.75. The summed E-state index contributed by atoms with van der Waals surface area (Å²) in [7, 11) is 1.73. The monoisotopic (exact) mass is 251 g/mol. The van der Waals surface area contributed by atoms with Gasteiger partial charge in [-0.1, -0.05) is 12.8 Å². The van der Waals surface area contributed by atoms with Crippen LogP contribution in [-0.4, -0.2) is 30.0 Å². The summed E-state index contributed by atoms with van der Waals surface area (Å²) in [5, 5.41) is 7.99. The number of methoxy groups -OCH3 is 1. The fraction of sp³-hybridized carbons (Fsp3) is 0.786. The van der Waals surface area contributed by atoms with E-state index in [4.69, 9.17) is 4.74 Å². The van der Waals surface area contributed by atoms with Crippen molar-refractivity contribution in [1.29, 1.82) is 0 Å². The van der Waals surface area contributed by atoms with E-state index in [9.17, 15) is 0 Å². The second kappa shape index (κ2) is 6.90. The number of hydrogen-bond donors (Lipinski definition) is 1. The second-order valence-electron chi connectivity index (χ2n) is 5.28. The van der Waals surface area contributed by atoms with Gasteiger partial charge in [0.1, 0.15) is 0 Å². The molecule has 0 radical (unpaired) electrons. The number of rotatable bonds is 7. The standard InChI is InChI=1S/C14H25N3O/c1-12-14(9-15-7-8-18-2)11-17(16-12)10-13-5-3-4-6-13/h11,13,15H,3-10H2,1-2H3. The lowest BCUT2D eigenvalue weighted by Gasteiger charge is -2.08. The highest BCUT2D eigenvalue weighted by molar-refractivity contribution is 5.15. The fourth-order valence-electron chi connectivity index (χ4n) is 2.68. The molecular formula is C14H25N3O. The smallest absolute Gasteiger partial charge is 0.0638 e. The zero-order valence-corrected chi connectivity index (χ0v) is 11.6. The highest BCUT2D eigenvalue weighted by Crippen LogP contribution is 2.26. The highest BCUT2D eigenvalue weighted by Gasteiger charge is 2.16. The first-order chi connectivity index (χ1) is 8.79. The van der Waals surface area contributed by atoms with Crippen molar-refractivity contribution in [3.05, 3.63) is 17.5 Å². The second-order valence-corrected chi connectivity index (χ2v) is 5.28. The SMILES string of the molecule is COCCNCc1cn(CC2CCCC2)nc1C. The molecule has 1 heterocycles. The predicted octanol–water partition coefficient (Wildman–Crippen LogP) is 2.12. The van der Waals surface area contributed by atoms with E-state index in [1.807, 2.05) is 0 Å². The summed E-state index contributed by atoms with van der Waals surface area (Å²) < 4.78 is 7.16. The Kier molecular flexibility index (Phi) is 5.20. The molecule has 102 valence electrons. The third kappa shape index (κ3) is 3.82. The van der Waals surface area contributed by atoms with E-state index in [2.05, 4.69) is 28.2 Å². The van der Waals surface area contributed by atoms with E-state index in [-0.39, 0.29) is 0 Å². The van der Waals surface area contributed by atoms with Crippen LogP contribution >= 0.6 is 0 Å². The number of aromatic nitrogens is 2. The molecule has 0 unspecified atom stereocenters. The lowest BCUT2D eigenvalue weighted by atomic mass is 10.1. The van der Waals surface area contributed by atoms with Gasteiger partial charge < -0.3 is 10.1 Å². The first-order valence-electron chi connectivity index (χ1n) is 7.02. The predicted molar refractivity (Wildman–Crippen MR) is 72.5 cm³/mol. The molecule has 2 rings (SSSR count). The Labute approximate surface area is 110 Å². The third-order valence-corrected chi connectivity index (χ3v) is 3.77. The normalized spacial score (nSPS) is 16.6. The van der Waals surface area contributed by atoms with Crippen molar-refractivity contribution in [2.45, 2.75) is 45.7 Å². The van der Waals surface area contributed by atoms with Crippen LogP contribution in [0, 0.1) is 12.8 Å². The van der Waals surface area contributed by atoms with Gasteiger partial charge in [-0.05, 0) is 25.7 Å². The zero-order valence-electron chi connectivity index (χ0n) is 11.6. The van der Waals surface area contributed by atoms with E-state index in [1.54, 1.807) is 7.11 Å². The first-order valence-corrected chi connectivity index (χ1v) is 7.02. The molecule has 1 aliphatic carbocycles. The molecule has 4 heteroatoms. The number of nitrogens with zero attached hydrogens (tertiary/aromatic N) is 2. The summed E-state index contributed by atoms with van der Waals surface area (Å²) in [5.74, 6) is 0.846. The van der Waals surface area contributed by atoms with Crippen LogP contribution in [0.3, 0.4) is 0 Å². The summed E-state index contributed by atoms with van der Waals surface area (Å²) in [6.45, 7) is 5.73. The van der Waals surface area contributed by atoms with Crippen molar-refractivity contribution in [2.75, 3.05) is 20.3 Å². The molecule has 0 saturated heterocycles. The highest BCUT2D eigenvalue weighted by atomic mass is 16.5. The van der Waals surface area contributed by atoms with Gasteiger partial charge >= 0.3 is 0 Å². The Hall–Kier alpha value is -0.870. The molecular weight excluding hydrogens is 226 g/mol. The van der Waals surface area contributed by atoms with Crippen molar-refractivity contribution in [2.24, 2.45) is 5.92 Å². The minimum absolute atomic E-state index is 0.759. The van der Waals surface area contributed by atoms with Crippen molar-refractivity contribution < 1.29 is 4.74 Å². The van der Waals surface area contributed by atoms with Crippen molar-refractivity contribution in [3.63, 3.8) is 0 Å². The fourth-order valence-corrected chi connectivity index (χ4v) is 2.68. The Morgan fingerprint density at radius 3 is 2.94 bits per heavy atom. The minimum Gasteiger partial charge on any atom is -0.383 e. The quantitative estimate of drug-likeness (QED) is 0.754. The van der Waals surface area contributed by atoms with E-state index in [1.165, 1.54) is 31.2 Å². The number of nitrogens with one attached hydrogen (secondary N) is 1. The van der Waals surface area contributed by atoms with Crippen LogP contribution in [-0.2, 0) is 17.8 Å². The van der Waals surface area contributed by atoms with Gasteiger partial charge in [-0.25, -0.2) is 0 Å². The van der Waals surface area contributed by atoms with Gasteiger partial charge in [0.2, 0.25) is 0 Å². The van der Waals surface area contributed by atoms with Gasteiger partial charge in [0.15, 0.2) is 0 Å². The number of hydrogen-bond acceptors (Lipinski definition) is 3. The molecule has 0 aliphatic heterocycles. The van der Waals surface area contributed by atoms with Gasteiger partial charge in [-0.15, -0.1) is 0 Å². The molecule has 1 aliphatic rings. The van der Waals surface area contributed by atoms with Gasteiger partial charge in [0.05, 0.1) is 12.3 Å². The molecule has 0 aromatic carbocycles. The molecule has 1 fully saturated rings. The molecule has 1 saturated carbocycles. The molecule has 0 amide bonds. The van der Waals surface area contributed by atoms with Crippen LogP contribution in [0.4, 0.5) is 0 Å². The minimum atomic E-state index is 0.759. The van der Waals surface area contributed by atoms with E-state index >= 15 is 0 Å². The van der Waals surface area contributed by atoms with Crippen molar-refractivity contribution in [3.8, 4) is 0 Å². The first kappa shape index (κ1) is 13.6. The summed E-state index contributed by atoms with van der Waals surface area (Å²) in [5.41, 5.74) is 2.46. The number of aryl methyl sites for hydroxylation is 1. The van der Waals surface area contributed by atoms with Gasteiger partial charge in [-0.3, -0.25) is 4.68 Å². The van der Waals surface area contributed by atoms with E-state index in [0.29, 0.717) is 0 Å². The Balaban J connectivity index is 1.81. The molecule has 0 bridgehead atoms. The Bertz CT molecular complexity index is 356. The Morgan fingerprint density at radius 1 is 1.44 bits per heavy atom. The molecule has 18 heavy (non-hydrogen) atoms. The van der Waals surface area contributed by atoms with Gasteiger partial charge in [0, 0.05) is 38.5 Å². The lowest BCUT2D eigenvalue weighted by Crippen LogP contribution is -2.18. The summed E-state index contributed by atoms with van der Waals surface area (Å²) >= 11 is 0. The molecule has 1 aromatic rings. The van der Waals surface area contributed by atoms with E-state index < -0.39 is 0 Å². The Morgan fingerprint density at radius 2 is 2.22 bits per heavy atom. The van der Waals surface area contributed by atoms with Crippen LogP contribution in [0.2, 0.25) is 0 Å². The third-order valence-electron chi connectivity index (χ3n) is 3.77. The molecule has 0 atom stereocenters. The molecule has 1 aromatic heterocycles. The average Bonchev–Trinajstić information content (AvgIpc) is 2.96. The van der Waals surface area contributed by atoms with Crippen molar-refractivity contribution in [1.82, 2.24) is 15.1 Å². The summed E-state index contributed by atoms with van der Waals surface area (Å²) in [6, 6.07) is 0. The largest absolute Gasteiger partial charge is 0.383 e. The van der Waals surface area contributed by atoms with Crippen LogP contribution in [0.1, 0.15) is 36.9 Å². The molecule has 0 spiro atoms. The van der Waals surface area contributed by atoms with Crippen LogP contribution < -0.4 is 5.32 Å². The maximum Gasteiger partial charge on any atom is 0.0638 e. The van der Waals surface area contributed by atoms with Crippen LogP contribution in [0.5, 0.6) is 0 Å². The van der Waals surface area contributed by atoms with Crippen LogP contribution in [0.25, 0.3) is 0 Å². The van der Waals surface area contributed by atoms with Gasteiger partial charge in [0.25, 0.3) is 0 Å². The zero-order chi connectivity index (χ0) is 12.8. The topological polar surface area (TPSA) is 39.1 Å². The van der Waals surface area contributed by atoms with E-state index in [0.717, 1.165) is 37.9 Å². The van der Waals surface area contributed by atoms with Gasteiger partial charge in [-0.2, -0.15) is 5.10 Å². The maximum absolute atomic E-state index is 5.02. The lowest BCUT2D eigenvalue weighted by molar-refractivity contribution is 0.199. The maximum atomic E-state index is 5.02. The van der Waals surface area contributed by atoms with Crippen LogP contribution in [0.15, 0.2) is 6.20 Å². The average molecular weight is 251 g/mol. The number of ether oxygens (including phenoxy) is 1. The van der Waals surface area contributed by atoms with Crippen molar-refractivity contribution >= 4 is 0 Å². The molecule has 4 nitrogen and oxygen atoms in total. The molecule has 1 N–H and O–H groups in total.